The predicted octanol–water partition coefficient (Wildman–Crippen LogP) is 1.71. The Hall–Kier alpha value is -1.11. The zero-order chi connectivity index (χ0) is 15.9. The molecule has 0 radical (unpaired) electrons. The molecule has 0 aromatic carbocycles. The highest BCUT2D eigenvalue weighted by Crippen LogP contribution is 2.32. The molecule has 0 spiro atoms. The lowest BCUT2D eigenvalue weighted by Crippen LogP contribution is -2.44. The van der Waals surface area contributed by atoms with Crippen molar-refractivity contribution in [2.45, 2.75) is 18.9 Å². The number of aromatic nitrogens is 1. The van der Waals surface area contributed by atoms with Crippen LogP contribution in [0.3, 0.4) is 0 Å². The van der Waals surface area contributed by atoms with Crippen molar-refractivity contribution in [3.8, 4) is 0 Å². The minimum atomic E-state index is 0.137. The summed E-state index contributed by atoms with van der Waals surface area (Å²) in [6.07, 6.45) is 6.37. The van der Waals surface area contributed by atoms with E-state index >= 15 is 0 Å². The average molecular weight is 335 g/mol. The second-order valence-electron chi connectivity index (χ2n) is 6.21. The highest BCUT2D eigenvalue weighted by atomic mass is 32.2. The number of pyridine rings is 1. The molecule has 2 aliphatic rings. The summed E-state index contributed by atoms with van der Waals surface area (Å²) in [4.78, 5) is 18.7. The Kier molecular flexibility index (Phi) is 6.30. The van der Waals surface area contributed by atoms with Crippen LogP contribution in [-0.4, -0.2) is 60.1 Å². The Balaban J connectivity index is 1.51. The van der Waals surface area contributed by atoms with E-state index in [-0.39, 0.29) is 11.9 Å². The molecule has 0 bridgehead atoms. The molecular formula is C17H25N3O2S. The van der Waals surface area contributed by atoms with Crippen molar-refractivity contribution >= 4 is 17.7 Å². The molecule has 1 aliphatic heterocycles. The lowest BCUT2D eigenvalue weighted by Gasteiger charge is -2.34. The van der Waals surface area contributed by atoms with Crippen molar-refractivity contribution in [1.29, 1.82) is 0 Å². The third-order valence-electron chi connectivity index (χ3n) is 4.33. The van der Waals surface area contributed by atoms with Gasteiger partial charge < -0.3 is 10.1 Å². The van der Waals surface area contributed by atoms with Gasteiger partial charge in [0.1, 0.15) is 0 Å². The summed E-state index contributed by atoms with van der Waals surface area (Å²) in [6.45, 7) is 3.93. The molecule has 126 valence electrons. The average Bonchev–Trinajstić information content (AvgIpc) is 3.41. The quantitative estimate of drug-likeness (QED) is 0.784. The van der Waals surface area contributed by atoms with E-state index in [4.69, 9.17) is 4.74 Å². The lowest BCUT2D eigenvalue weighted by molar-refractivity contribution is -0.118. The number of morpholine rings is 1. The number of amides is 1. The number of ether oxygens (including phenoxy) is 1. The van der Waals surface area contributed by atoms with Gasteiger partial charge in [-0.1, -0.05) is 6.07 Å². The van der Waals surface area contributed by atoms with Crippen molar-refractivity contribution in [1.82, 2.24) is 15.2 Å². The van der Waals surface area contributed by atoms with Crippen LogP contribution in [0.25, 0.3) is 0 Å². The maximum absolute atomic E-state index is 12.1. The van der Waals surface area contributed by atoms with Gasteiger partial charge in [-0.15, -0.1) is 0 Å². The molecule has 1 aromatic rings. The SMILES string of the molecule is O=C(CSCC1CC1)NC[C@H](c1cccnc1)N1CCOCC1. The number of hydrogen-bond acceptors (Lipinski definition) is 5. The first kappa shape index (κ1) is 16.7. The predicted molar refractivity (Wildman–Crippen MR) is 92.4 cm³/mol. The van der Waals surface area contributed by atoms with E-state index in [0.717, 1.165) is 43.5 Å². The first-order valence-electron chi connectivity index (χ1n) is 8.39. The summed E-state index contributed by atoms with van der Waals surface area (Å²) in [5, 5.41) is 3.10. The van der Waals surface area contributed by atoms with Crippen molar-refractivity contribution in [2.75, 3.05) is 44.4 Å². The number of thioether (sulfide) groups is 1. The van der Waals surface area contributed by atoms with E-state index in [2.05, 4.69) is 21.3 Å². The number of nitrogens with one attached hydrogen (secondary N) is 1. The summed E-state index contributed by atoms with van der Waals surface area (Å²) in [5.41, 5.74) is 1.15. The van der Waals surface area contributed by atoms with E-state index in [9.17, 15) is 4.79 Å². The molecule has 2 fully saturated rings. The molecule has 1 saturated carbocycles. The van der Waals surface area contributed by atoms with Gasteiger partial charge in [-0.3, -0.25) is 14.7 Å². The number of carbonyl (C=O) groups excluding carboxylic acids is 1. The van der Waals surface area contributed by atoms with Crippen LogP contribution in [-0.2, 0) is 9.53 Å². The van der Waals surface area contributed by atoms with Gasteiger partial charge in [0.05, 0.1) is 25.0 Å². The van der Waals surface area contributed by atoms with E-state index in [1.807, 2.05) is 12.3 Å². The van der Waals surface area contributed by atoms with Gasteiger partial charge in [0.15, 0.2) is 0 Å². The molecule has 3 rings (SSSR count). The van der Waals surface area contributed by atoms with Crippen LogP contribution in [0, 0.1) is 5.92 Å². The van der Waals surface area contributed by atoms with Crippen molar-refractivity contribution in [3.05, 3.63) is 30.1 Å². The molecule has 0 unspecified atom stereocenters. The summed E-state index contributed by atoms with van der Waals surface area (Å²) >= 11 is 1.76. The number of carbonyl (C=O) groups is 1. The fourth-order valence-corrected chi connectivity index (χ4v) is 3.86. The Labute approximate surface area is 142 Å². The van der Waals surface area contributed by atoms with Gasteiger partial charge in [-0.2, -0.15) is 11.8 Å². The van der Waals surface area contributed by atoms with Crippen LogP contribution in [0.4, 0.5) is 0 Å². The number of rotatable bonds is 8. The van der Waals surface area contributed by atoms with Crippen LogP contribution in [0.2, 0.25) is 0 Å². The van der Waals surface area contributed by atoms with Gasteiger partial charge in [0.2, 0.25) is 5.91 Å². The molecule has 23 heavy (non-hydrogen) atoms. The molecule has 1 aliphatic carbocycles. The van der Waals surface area contributed by atoms with Crippen LogP contribution in [0.5, 0.6) is 0 Å². The maximum Gasteiger partial charge on any atom is 0.230 e. The van der Waals surface area contributed by atoms with Crippen molar-refractivity contribution < 1.29 is 9.53 Å². The van der Waals surface area contributed by atoms with E-state index in [0.29, 0.717) is 12.3 Å². The molecule has 1 saturated heterocycles. The molecular weight excluding hydrogens is 310 g/mol. The van der Waals surface area contributed by atoms with Gasteiger partial charge >= 0.3 is 0 Å². The van der Waals surface area contributed by atoms with Crippen molar-refractivity contribution in [3.63, 3.8) is 0 Å². The van der Waals surface area contributed by atoms with Crippen LogP contribution < -0.4 is 5.32 Å². The monoisotopic (exact) mass is 335 g/mol. The zero-order valence-electron chi connectivity index (χ0n) is 13.4. The number of hydrogen-bond donors (Lipinski definition) is 1. The van der Waals surface area contributed by atoms with E-state index < -0.39 is 0 Å². The summed E-state index contributed by atoms with van der Waals surface area (Å²) < 4.78 is 5.44. The fourth-order valence-electron chi connectivity index (χ4n) is 2.78. The topological polar surface area (TPSA) is 54.5 Å². The highest BCUT2D eigenvalue weighted by molar-refractivity contribution is 7.99. The first-order chi connectivity index (χ1) is 11.3. The van der Waals surface area contributed by atoms with Gasteiger partial charge in [0.25, 0.3) is 0 Å². The van der Waals surface area contributed by atoms with Gasteiger partial charge in [0, 0.05) is 32.0 Å². The van der Waals surface area contributed by atoms with Gasteiger partial charge in [-0.05, 0) is 36.1 Å². The summed E-state index contributed by atoms with van der Waals surface area (Å²) in [5.74, 6) is 2.70. The maximum atomic E-state index is 12.1. The third-order valence-corrected chi connectivity index (χ3v) is 5.51. The Bertz CT molecular complexity index is 490. The fraction of sp³-hybridized carbons (Fsp3) is 0.647. The van der Waals surface area contributed by atoms with E-state index in [1.54, 1.807) is 18.0 Å². The summed E-state index contributed by atoms with van der Waals surface area (Å²) in [6, 6.07) is 4.21. The smallest absolute Gasteiger partial charge is 0.230 e. The second-order valence-corrected chi connectivity index (χ2v) is 7.24. The second kappa shape index (κ2) is 8.66. The molecule has 5 nitrogen and oxygen atoms in total. The molecule has 1 aromatic heterocycles. The molecule has 1 atom stereocenters. The Morgan fingerprint density at radius 3 is 2.96 bits per heavy atom. The van der Waals surface area contributed by atoms with Crippen molar-refractivity contribution in [2.24, 2.45) is 5.92 Å². The Morgan fingerprint density at radius 2 is 2.26 bits per heavy atom. The normalized spacial score (nSPS) is 20.2. The van der Waals surface area contributed by atoms with Crippen LogP contribution in [0.1, 0.15) is 24.4 Å². The Morgan fingerprint density at radius 1 is 1.43 bits per heavy atom. The van der Waals surface area contributed by atoms with Crippen LogP contribution >= 0.6 is 11.8 Å². The third kappa shape index (κ3) is 5.48. The van der Waals surface area contributed by atoms with Crippen LogP contribution in [0.15, 0.2) is 24.5 Å². The standard InChI is InChI=1S/C17H25N3O2S/c21-17(13-23-12-14-3-4-14)19-11-16(15-2-1-5-18-10-15)20-6-8-22-9-7-20/h1-2,5,10,14,16H,3-4,6-9,11-13H2,(H,19,21)/t16-/m1/s1. The minimum Gasteiger partial charge on any atom is -0.379 e. The lowest BCUT2D eigenvalue weighted by atomic mass is 10.1. The minimum absolute atomic E-state index is 0.137. The van der Waals surface area contributed by atoms with Gasteiger partial charge in [-0.25, -0.2) is 0 Å². The molecule has 1 N–H and O–H groups in total. The molecule has 6 heteroatoms. The zero-order valence-corrected chi connectivity index (χ0v) is 14.3. The van der Waals surface area contributed by atoms with E-state index in [1.165, 1.54) is 12.8 Å². The highest BCUT2D eigenvalue weighted by Gasteiger charge is 2.24. The number of nitrogens with zero attached hydrogens (tertiary/aromatic N) is 2. The first-order valence-corrected chi connectivity index (χ1v) is 9.54. The summed E-state index contributed by atoms with van der Waals surface area (Å²) in [7, 11) is 0. The largest absolute Gasteiger partial charge is 0.379 e. The molecule has 2 heterocycles. The molecule has 1 amide bonds.